The monoisotopic (exact) mass is 233 g/mol. The Kier molecular flexibility index (Phi) is 4.37. The Bertz CT molecular complexity index is 330. The van der Waals surface area contributed by atoms with Crippen molar-refractivity contribution in [1.82, 2.24) is 9.88 Å². The van der Waals surface area contributed by atoms with Crippen molar-refractivity contribution in [2.24, 2.45) is 5.92 Å². The van der Waals surface area contributed by atoms with Crippen molar-refractivity contribution < 1.29 is 0 Å². The summed E-state index contributed by atoms with van der Waals surface area (Å²) in [6.45, 7) is 5.87. The molecule has 0 radical (unpaired) electrons. The Hall–Kier alpha value is -1.09. The zero-order chi connectivity index (χ0) is 12.1. The molecule has 1 fully saturated rings. The number of hydrogen-bond donors (Lipinski definition) is 1. The highest BCUT2D eigenvalue weighted by Gasteiger charge is 2.23. The summed E-state index contributed by atoms with van der Waals surface area (Å²) in [5.41, 5.74) is 7.53. The second-order valence-electron chi connectivity index (χ2n) is 5.08. The fraction of sp³-hybridized carbons (Fsp3) is 0.643. The Morgan fingerprint density at radius 1 is 1.35 bits per heavy atom. The van der Waals surface area contributed by atoms with Crippen molar-refractivity contribution in [2.75, 3.05) is 25.4 Å². The standard InChI is InChI=1S/C14H23N3/c1-2-8-17(11-12-3-4-12)9-7-14-6-5-13(15)10-16-14/h5-6,10,12H,2-4,7-9,11,15H2,1H3. The third-order valence-electron chi connectivity index (χ3n) is 3.28. The number of hydrogen-bond acceptors (Lipinski definition) is 3. The first-order valence-corrected chi connectivity index (χ1v) is 6.70. The predicted octanol–water partition coefficient (Wildman–Crippen LogP) is 2.33. The molecule has 0 bridgehead atoms. The molecule has 3 heteroatoms. The average molecular weight is 233 g/mol. The molecule has 1 saturated carbocycles. The molecule has 0 unspecified atom stereocenters. The lowest BCUT2D eigenvalue weighted by Crippen LogP contribution is -2.29. The Morgan fingerprint density at radius 2 is 2.18 bits per heavy atom. The van der Waals surface area contributed by atoms with E-state index in [-0.39, 0.29) is 0 Å². The molecule has 17 heavy (non-hydrogen) atoms. The molecule has 0 spiro atoms. The number of pyridine rings is 1. The number of rotatable bonds is 7. The van der Waals surface area contributed by atoms with E-state index in [1.54, 1.807) is 6.20 Å². The van der Waals surface area contributed by atoms with E-state index in [0.717, 1.165) is 30.3 Å². The molecule has 2 rings (SSSR count). The van der Waals surface area contributed by atoms with E-state index in [0.29, 0.717) is 0 Å². The molecule has 1 aromatic rings. The van der Waals surface area contributed by atoms with Crippen LogP contribution in [-0.2, 0) is 6.42 Å². The smallest absolute Gasteiger partial charge is 0.0501 e. The third-order valence-corrected chi connectivity index (χ3v) is 3.28. The fourth-order valence-electron chi connectivity index (χ4n) is 2.13. The zero-order valence-electron chi connectivity index (χ0n) is 10.7. The largest absolute Gasteiger partial charge is 0.397 e. The van der Waals surface area contributed by atoms with E-state index in [1.165, 1.54) is 32.4 Å². The van der Waals surface area contributed by atoms with E-state index in [4.69, 9.17) is 5.73 Å². The van der Waals surface area contributed by atoms with Gasteiger partial charge in [0.05, 0.1) is 11.9 Å². The van der Waals surface area contributed by atoms with Gasteiger partial charge in [0, 0.05) is 25.2 Å². The van der Waals surface area contributed by atoms with E-state index < -0.39 is 0 Å². The molecule has 0 amide bonds. The van der Waals surface area contributed by atoms with Gasteiger partial charge in [0.15, 0.2) is 0 Å². The van der Waals surface area contributed by atoms with Crippen LogP contribution in [0.1, 0.15) is 31.9 Å². The third kappa shape index (κ3) is 4.35. The first kappa shape index (κ1) is 12.4. The molecule has 94 valence electrons. The van der Waals surface area contributed by atoms with Crippen LogP contribution in [0.2, 0.25) is 0 Å². The summed E-state index contributed by atoms with van der Waals surface area (Å²) in [5, 5.41) is 0. The maximum atomic E-state index is 5.63. The summed E-state index contributed by atoms with van der Waals surface area (Å²) >= 11 is 0. The van der Waals surface area contributed by atoms with Gasteiger partial charge in [-0.2, -0.15) is 0 Å². The Balaban J connectivity index is 1.78. The fourth-order valence-corrected chi connectivity index (χ4v) is 2.13. The van der Waals surface area contributed by atoms with Crippen LogP contribution in [0.25, 0.3) is 0 Å². The minimum atomic E-state index is 0.747. The molecule has 1 aliphatic carbocycles. The average Bonchev–Trinajstić information content (AvgIpc) is 3.12. The summed E-state index contributed by atoms with van der Waals surface area (Å²) in [6.07, 6.45) is 6.88. The minimum absolute atomic E-state index is 0.747. The van der Waals surface area contributed by atoms with Crippen LogP contribution in [0.15, 0.2) is 18.3 Å². The van der Waals surface area contributed by atoms with Gasteiger partial charge < -0.3 is 10.6 Å². The number of aromatic nitrogens is 1. The lowest BCUT2D eigenvalue weighted by molar-refractivity contribution is 0.266. The molecular formula is C14H23N3. The van der Waals surface area contributed by atoms with E-state index in [9.17, 15) is 0 Å². The minimum Gasteiger partial charge on any atom is -0.397 e. The summed E-state index contributed by atoms with van der Waals surface area (Å²) < 4.78 is 0. The summed E-state index contributed by atoms with van der Waals surface area (Å²) in [5.74, 6) is 0.973. The number of nitrogen functional groups attached to an aromatic ring is 1. The second-order valence-corrected chi connectivity index (χ2v) is 5.08. The number of nitrogens with zero attached hydrogens (tertiary/aromatic N) is 2. The molecule has 0 aromatic carbocycles. The SMILES string of the molecule is CCCN(CCc1ccc(N)cn1)CC1CC1. The van der Waals surface area contributed by atoms with Crippen LogP contribution in [-0.4, -0.2) is 29.5 Å². The molecule has 1 aromatic heterocycles. The first-order valence-electron chi connectivity index (χ1n) is 6.70. The molecule has 0 aliphatic heterocycles. The van der Waals surface area contributed by atoms with Gasteiger partial charge in [0.1, 0.15) is 0 Å². The van der Waals surface area contributed by atoms with Crippen molar-refractivity contribution in [1.29, 1.82) is 0 Å². The highest BCUT2D eigenvalue weighted by atomic mass is 15.1. The quantitative estimate of drug-likeness (QED) is 0.786. The van der Waals surface area contributed by atoms with Gasteiger partial charge in [0.2, 0.25) is 0 Å². The summed E-state index contributed by atoms with van der Waals surface area (Å²) in [4.78, 5) is 6.93. The van der Waals surface area contributed by atoms with Crippen LogP contribution < -0.4 is 5.73 Å². The van der Waals surface area contributed by atoms with Crippen LogP contribution in [0, 0.1) is 5.92 Å². The maximum Gasteiger partial charge on any atom is 0.0501 e. The maximum absolute atomic E-state index is 5.63. The van der Waals surface area contributed by atoms with Gasteiger partial charge in [-0.25, -0.2) is 0 Å². The highest BCUT2D eigenvalue weighted by molar-refractivity contribution is 5.34. The molecule has 0 atom stereocenters. The first-order chi connectivity index (χ1) is 8.28. The second kappa shape index (κ2) is 6.01. The van der Waals surface area contributed by atoms with Crippen molar-refractivity contribution in [3.63, 3.8) is 0 Å². The lowest BCUT2D eigenvalue weighted by atomic mass is 10.2. The highest BCUT2D eigenvalue weighted by Crippen LogP contribution is 2.29. The van der Waals surface area contributed by atoms with E-state index in [1.807, 2.05) is 12.1 Å². The van der Waals surface area contributed by atoms with Crippen molar-refractivity contribution in [3.05, 3.63) is 24.0 Å². The summed E-state index contributed by atoms with van der Waals surface area (Å²) in [6, 6.07) is 3.98. The van der Waals surface area contributed by atoms with Crippen LogP contribution in [0.5, 0.6) is 0 Å². The molecule has 1 heterocycles. The normalized spacial score (nSPS) is 15.4. The predicted molar refractivity (Wildman–Crippen MR) is 71.8 cm³/mol. The van der Waals surface area contributed by atoms with Gasteiger partial charge in [-0.05, 0) is 43.9 Å². The summed E-state index contributed by atoms with van der Waals surface area (Å²) in [7, 11) is 0. The van der Waals surface area contributed by atoms with E-state index in [2.05, 4.69) is 16.8 Å². The van der Waals surface area contributed by atoms with Crippen LogP contribution in [0.4, 0.5) is 5.69 Å². The topological polar surface area (TPSA) is 42.1 Å². The van der Waals surface area contributed by atoms with Gasteiger partial charge >= 0.3 is 0 Å². The molecule has 1 aliphatic rings. The van der Waals surface area contributed by atoms with Gasteiger partial charge in [-0.3, -0.25) is 4.98 Å². The van der Waals surface area contributed by atoms with Crippen LogP contribution in [0.3, 0.4) is 0 Å². The zero-order valence-corrected chi connectivity index (χ0v) is 10.7. The number of anilines is 1. The lowest BCUT2D eigenvalue weighted by Gasteiger charge is -2.21. The molecular weight excluding hydrogens is 210 g/mol. The van der Waals surface area contributed by atoms with Gasteiger partial charge in [0.25, 0.3) is 0 Å². The Labute approximate surface area is 104 Å². The molecule has 3 nitrogen and oxygen atoms in total. The van der Waals surface area contributed by atoms with Gasteiger partial charge in [-0.1, -0.05) is 6.92 Å². The van der Waals surface area contributed by atoms with Crippen molar-refractivity contribution in [3.8, 4) is 0 Å². The van der Waals surface area contributed by atoms with Crippen molar-refractivity contribution in [2.45, 2.75) is 32.6 Å². The van der Waals surface area contributed by atoms with Crippen molar-refractivity contribution >= 4 is 5.69 Å². The van der Waals surface area contributed by atoms with E-state index >= 15 is 0 Å². The molecule has 0 saturated heterocycles. The van der Waals surface area contributed by atoms with Crippen LogP contribution >= 0.6 is 0 Å². The Morgan fingerprint density at radius 3 is 2.76 bits per heavy atom. The number of nitrogens with two attached hydrogens (primary N) is 1. The molecule has 2 N–H and O–H groups in total. The van der Waals surface area contributed by atoms with Gasteiger partial charge in [-0.15, -0.1) is 0 Å².